The van der Waals surface area contributed by atoms with Gasteiger partial charge in [-0.1, -0.05) is 31.2 Å². The summed E-state index contributed by atoms with van der Waals surface area (Å²) in [4.78, 5) is 16.3. The van der Waals surface area contributed by atoms with Crippen molar-refractivity contribution in [1.29, 1.82) is 0 Å². The van der Waals surface area contributed by atoms with E-state index in [1.807, 2.05) is 24.3 Å². The molecule has 0 bridgehead atoms. The van der Waals surface area contributed by atoms with Crippen LogP contribution in [0.15, 0.2) is 41.8 Å². The first-order chi connectivity index (χ1) is 13.2. The molecule has 1 unspecified atom stereocenters. The molecule has 0 saturated carbocycles. The standard InChI is InChI=1S/C22H30N2O2S/c1-17-11-13-24(14-12-17)19(21-8-5-15-27-21)16-23-22(25)10-9-18-6-3-4-7-20(18)26-2/h3-8,15,17,19H,9-14,16H2,1-2H3,(H,23,25). The van der Waals surface area contributed by atoms with E-state index in [0.717, 1.165) is 30.3 Å². The lowest BCUT2D eigenvalue weighted by Crippen LogP contribution is -2.41. The third kappa shape index (κ3) is 5.56. The molecule has 1 aromatic heterocycles. The number of piperidine rings is 1. The predicted molar refractivity (Wildman–Crippen MR) is 111 cm³/mol. The summed E-state index contributed by atoms with van der Waals surface area (Å²) in [5, 5.41) is 5.30. The first-order valence-electron chi connectivity index (χ1n) is 9.83. The lowest BCUT2D eigenvalue weighted by Gasteiger charge is -2.36. The molecular formula is C22H30N2O2S. The Morgan fingerprint density at radius 3 is 2.74 bits per heavy atom. The molecule has 1 aromatic carbocycles. The summed E-state index contributed by atoms with van der Waals surface area (Å²) in [6, 6.07) is 12.5. The molecule has 27 heavy (non-hydrogen) atoms. The molecule has 3 rings (SSSR count). The second-order valence-electron chi connectivity index (χ2n) is 7.37. The highest BCUT2D eigenvalue weighted by molar-refractivity contribution is 7.10. The van der Waals surface area contributed by atoms with E-state index in [-0.39, 0.29) is 11.9 Å². The molecule has 1 atom stereocenters. The molecule has 1 N–H and O–H groups in total. The Labute approximate surface area is 166 Å². The average molecular weight is 387 g/mol. The lowest BCUT2D eigenvalue weighted by atomic mass is 9.97. The topological polar surface area (TPSA) is 41.6 Å². The zero-order valence-electron chi connectivity index (χ0n) is 16.3. The molecule has 2 aromatic rings. The minimum atomic E-state index is 0.104. The van der Waals surface area contributed by atoms with Crippen LogP contribution in [0.3, 0.4) is 0 Å². The van der Waals surface area contributed by atoms with Crippen molar-refractivity contribution in [2.75, 3.05) is 26.7 Å². The molecule has 4 nitrogen and oxygen atoms in total. The highest BCUT2D eigenvalue weighted by Crippen LogP contribution is 2.29. The van der Waals surface area contributed by atoms with Gasteiger partial charge in [-0.25, -0.2) is 0 Å². The summed E-state index contributed by atoms with van der Waals surface area (Å²) in [6.07, 6.45) is 3.66. The van der Waals surface area contributed by atoms with Gasteiger partial charge >= 0.3 is 0 Å². The van der Waals surface area contributed by atoms with Crippen LogP contribution in [0.25, 0.3) is 0 Å². The van der Waals surface area contributed by atoms with E-state index >= 15 is 0 Å². The molecule has 146 valence electrons. The maximum Gasteiger partial charge on any atom is 0.220 e. The smallest absolute Gasteiger partial charge is 0.220 e. The number of para-hydroxylation sites is 1. The molecule has 0 spiro atoms. The highest BCUT2D eigenvalue weighted by atomic mass is 32.1. The van der Waals surface area contributed by atoms with Crippen LogP contribution in [0.5, 0.6) is 5.75 Å². The zero-order chi connectivity index (χ0) is 19.1. The van der Waals surface area contributed by atoms with E-state index in [4.69, 9.17) is 4.74 Å². The summed E-state index contributed by atoms with van der Waals surface area (Å²) < 4.78 is 5.38. The van der Waals surface area contributed by atoms with Crippen LogP contribution in [0.4, 0.5) is 0 Å². The van der Waals surface area contributed by atoms with Gasteiger partial charge in [0, 0.05) is 17.8 Å². The minimum absolute atomic E-state index is 0.104. The normalized spacial score (nSPS) is 16.8. The molecular weight excluding hydrogens is 356 g/mol. The Morgan fingerprint density at radius 1 is 1.26 bits per heavy atom. The minimum Gasteiger partial charge on any atom is -0.496 e. The second kappa shape index (κ2) is 9.90. The van der Waals surface area contributed by atoms with Crippen LogP contribution in [-0.2, 0) is 11.2 Å². The number of carbonyl (C=O) groups is 1. The number of hydrogen-bond donors (Lipinski definition) is 1. The fourth-order valence-corrected chi connectivity index (χ4v) is 4.55. The van der Waals surface area contributed by atoms with Crippen LogP contribution in [0.2, 0.25) is 0 Å². The van der Waals surface area contributed by atoms with Crippen molar-refractivity contribution in [3.8, 4) is 5.75 Å². The van der Waals surface area contributed by atoms with Gasteiger partial charge in [0.05, 0.1) is 13.2 Å². The summed E-state index contributed by atoms with van der Waals surface area (Å²) in [5.41, 5.74) is 1.08. The van der Waals surface area contributed by atoms with Crippen molar-refractivity contribution in [3.63, 3.8) is 0 Å². The van der Waals surface area contributed by atoms with Gasteiger partial charge in [0.15, 0.2) is 0 Å². The monoisotopic (exact) mass is 386 g/mol. The van der Waals surface area contributed by atoms with Crippen LogP contribution in [0.1, 0.15) is 42.7 Å². The number of rotatable bonds is 8. The number of hydrogen-bond acceptors (Lipinski definition) is 4. The van der Waals surface area contributed by atoms with Gasteiger partial charge in [-0.2, -0.15) is 0 Å². The van der Waals surface area contributed by atoms with Crippen LogP contribution in [0, 0.1) is 5.92 Å². The number of ether oxygens (including phenoxy) is 1. The Bertz CT molecular complexity index is 709. The molecule has 2 heterocycles. The molecule has 1 aliphatic heterocycles. The van der Waals surface area contributed by atoms with E-state index in [1.54, 1.807) is 18.4 Å². The highest BCUT2D eigenvalue weighted by Gasteiger charge is 2.25. The van der Waals surface area contributed by atoms with E-state index in [0.29, 0.717) is 19.4 Å². The van der Waals surface area contributed by atoms with Gasteiger partial charge in [0.2, 0.25) is 5.91 Å². The van der Waals surface area contributed by atoms with Crippen LogP contribution in [-0.4, -0.2) is 37.6 Å². The molecule has 0 radical (unpaired) electrons. The SMILES string of the molecule is COc1ccccc1CCC(=O)NCC(c1cccs1)N1CCC(C)CC1. The summed E-state index contributed by atoms with van der Waals surface area (Å²) in [5.74, 6) is 1.76. The second-order valence-corrected chi connectivity index (χ2v) is 8.34. The molecule has 1 fully saturated rings. The van der Waals surface area contributed by atoms with Crippen molar-refractivity contribution in [2.24, 2.45) is 5.92 Å². The third-order valence-electron chi connectivity index (χ3n) is 5.44. The number of methoxy groups -OCH3 is 1. The van der Waals surface area contributed by atoms with Crippen LogP contribution >= 0.6 is 11.3 Å². The van der Waals surface area contributed by atoms with Crippen molar-refractivity contribution in [3.05, 3.63) is 52.2 Å². The van der Waals surface area contributed by atoms with E-state index in [9.17, 15) is 4.79 Å². The van der Waals surface area contributed by atoms with Gasteiger partial charge in [-0.05, 0) is 61.3 Å². The molecule has 0 aliphatic carbocycles. The van der Waals surface area contributed by atoms with E-state index in [1.165, 1.54) is 17.7 Å². The third-order valence-corrected chi connectivity index (χ3v) is 6.41. The number of likely N-dealkylation sites (tertiary alicyclic amines) is 1. The largest absolute Gasteiger partial charge is 0.496 e. The predicted octanol–water partition coefficient (Wildman–Crippen LogP) is 4.28. The van der Waals surface area contributed by atoms with E-state index < -0.39 is 0 Å². The zero-order valence-corrected chi connectivity index (χ0v) is 17.1. The lowest BCUT2D eigenvalue weighted by molar-refractivity contribution is -0.121. The Kier molecular flexibility index (Phi) is 7.30. The Balaban J connectivity index is 1.54. The van der Waals surface area contributed by atoms with Gasteiger partial charge in [-0.3, -0.25) is 9.69 Å². The fraction of sp³-hybridized carbons (Fsp3) is 0.500. The summed E-state index contributed by atoms with van der Waals surface area (Å²) in [7, 11) is 1.67. The number of thiophene rings is 1. The van der Waals surface area contributed by atoms with Gasteiger partial charge in [0.25, 0.3) is 0 Å². The number of carbonyl (C=O) groups excluding carboxylic acids is 1. The van der Waals surface area contributed by atoms with Crippen molar-refractivity contribution >= 4 is 17.2 Å². The van der Waals surface area contributed by atoms with Crippen molar-refractivity contribution < 1.29 is 9.53 Å². The number of aryl methyl sites for hydroxylation is 1. The summed E-state index contributed by atoms with van der Waals surface area (Å²) in [6.45, 7) is 5.23. The van der Waals surface area contributed by atoms with Crippen molar-refractivity contribution in [2.45, 2.75) is 38.6 Å². The molecule has 1 saturated heterocycles. The molecule has 1 aliphatic rings. The van der Waals surface area contributed by atoms with Gasteiger partial charge < -0.3 is 10.1 Å². The Morgan fingerprint density at radius 2 is 2.04 bits per heavy atom. The first kappa shape index (κ1) is 19.9. The number of benzene rings is 1. The Hall–Kier alpha value is -1.85. The quantitative estimate of drug-likeness (QED) is 0.736. The number of nitrogens with zero attached hydrogens (tertiary/aromatic N) is 1. The van der Waals surface area contributed by atoms with Gasteiger partial charge in [0.1, 0.15) is 5.75 Å². The molecule has 5 heteroatoms. The number of amides is 1. The van der Waals surface area contributed by atoms with Gasteiger partial charge in [-0.15, -0.1) is 11.3 Å². The number of nitrogens with one attached hydrogen (secondary N) is 1. The average Bonchev–Trinajstić information content (AvgIpc) is 3.22. The molecule has 1 amide bonds. The first-order valence-corrected chi connectivity index (χ1v) is 10.7. The maximum absolute atomic E-state index is 12.5. The van der Waals surface area contributed by atoms with Crippen LogP contribution < -0.4 is 10.1 Å². The summed E-state index contributed by atoms with van der Waals surface area (Å²) >= 11 is 1.78. The van der Waals surface area contributed by atoms with E-state index in [2.05, 4.69) is 34.7 Å². The fourth-order valence-electron chi connectivity index (χ4n) is 3.69. The maximum atomic E-state index is 12.5. The van der Waals surface area contributed by atoms with Crippen molar-refractivity contribution in [1.82, 2.24) is 10.2 Å².